The monoisotopic (exact) mass is 156 g/mol. The largest absolute Gasteiger partial charge is 0.457 e. The van der Waals surface area contributed by atoms with Crippen molar-refractivity contribution in [3.63, 3.8) is 0 Å². The van der Waals surface area contributed by atoms with E-state index in [-0.39, 0.29) is 5.79 Å². The molecule has 0 saturated heterocycles. The van der Waals surface area contributed by atoms with Crippen molar-refractivity contribution in [3.8, 4) is 0 Å². The molecule has 1 aliphatic rings. The molecule has 0 unspecified atom stereocenters. The van der Waals surface area contributed by atoms with Crippen molar-refractivity contribution in [1.29, 1.82) is 0 Å². The van der Waals surface area contributed by atoms with Gasteiger partial charge < -0.3 is 9.47 Å². The molecule has 0 aromatic carbocycles. The second-order valence-corrected chi connectivity index (χ2v) is 3.10. The van der Waals surface area contributed by atoms with Gasteiger partial charge >= 0.3 is 0 Å². The normalized spacial score (nSPS) is 19.5. The van der Waals surface area contributed by atoms with Crippen molar-refractivity contribution in [2.75, 3.05) is 0 Å². The summed E-state index contributed by atoms with van der Waals surface area (Å²) < 4.78 is 10.6. The highest BCUT2D eigenvalue weighted by atomic mass is 16.7. The van der Waals surface area contributed by atoms with Crippen LogP contribution in [0.4, 0.5) is 0 Å². The van der Waals surface area contributed by atoms with E-state index in [0.29, 0.717) is 0 Å². The third-order valence-corrected chi connectivity index (χ3v) is 1.92. The van der Waals surface area contributed by atoms with Gasteiger partial charge in [0.05, 0.1) is 0 Å². The molecule has 0 aliphatic carbocycles. The van der Waals surface area contributed by atoms with Crippen molar-refractivity contribution in [3.05, 3.63) is 12.5 Å². The summed E-state index contributed by atoms with van der Waals surface area (Å²) in [7, 11) is 0. The number of hydrogen-bond donors (Lipinski definition) is 0. The van der Waals surface area contributed by atoms with E-state index in [4.69, 9.17) is 9.47 Å². The molecule has 2 nitrogen and oxygen atoms in total. The Labute approximate surface area is 68.2 Å². The summed E-state index contributed by atoms with van der Waals surface area (Å²) in [6.07, 6.45) is 7.88. The van der Waals surface area contributed by atoms with E-state index in [1.165, 1.54) is 19.3 Å². The molecule has 64 valence electrons. The van der Waals surface area contributed by atoms with Gasteiger partial charge in [-0.3, -0.25) is 0 Å². The van der Waals surface area contributed by atoms with Crippen molar-refractivity contribution < 1.29 is 9.47 Å². The molecule has 0 bridgehead atoms. The fourth-order valence-electron chi connectivity index (χ4n) is 1.19. The van der Waals surface area contributed by atoms with Crippen LogP contribution >= 0.6 is 0 Å². The minimum atomic E-state index is -0.366. The van der Waals surface area contributed by atoms with E-state index < -0.39 is 0 Å². The van der Waals surface area contributed by atoms with Crippen LogP contribution in [0.15, 0.2) is 12.5 Å². The first-order chi connectivity index (χ1) is 5.27. The molecule has 0 N–H and O–H groups in total. The van der Waals surface area contributed by atoms with Crippen LogP contribution in [0, 0.1) is 0 Å². The van der Waals surface area contributed by atoms with Crippen LogP contribution < -0.4 is 0 Å². The van der Waals surface area contributed by atoms with Gasteiger partial charge in [0.25, 0.3) is 0 Å². The average molecular weight is 156 g/mol. The van der Waals surface area contributed by atoms with E-state index in [9.17, 15) is 0 Å². The lowest BCUT2D eigenvalue weighted by molar-refractivity contribution is -0.131. The van der Waals surface area contributed by atoms with E-state index in [1.54, 1.807) is 12.5 Å². The lowest BCUT2D eigenvalue weighted by atomic mass is 10.1. The van der Waals surface area contributed by atoms with E-state index in [0.717, 1.165) is 6.42 Å². The Kier molecular flexibility index (Phi) is 2.80. The van der Waals surface area contributed by atoms with Crippen LogP contribution in [-0.2, 0) is 9.47 Å². The molecule has 0 spiro atoms. The summed E-state index contributed by atoms with van der Waals surface area (Å²) in [5.74, 6) is -0.366. The first kappa shape index (κ1) is 8.44. The van der Waals surface area contributed by atoms with Gasteiger partial charge in [-0.25, -0.2) is 0 Å². The fourth-order valence-corrected chi connectivity index (χ4v) is 1.19. The van der Waals surface area contributed by atoms with E-state index in [2.05, 4.69) is 6.92 Å². The van der Waals surface area contributed by atoms with Gasteiger partial charge in [-0.05, 0) is 6.42 Å². The van der Waals surface area contributed by atoms with Crippen LogP contribution in [0.5, 0.6) is 0 Å². The van der Waals surface area contributed by atoms with Crippen LogP contribution in [-0.4, -0.2) is 5.79 Å². The van der Waals surface area contributed by atoms with Crippen LogP contribution in [0.3, 0.4) is 0 Å². The third-order valence-electron chi connectivity index (χ3n) is 1.92. The van der Waals surface area contributed by atoms with Gasteiger partial charge in [-0.15, -0.1) is 0 Å². The highest BCUT2D eigenvalue weighted by Gasteiger charge is 2.27. The SMILES string of the molecule is CCCCCC1(C)OC=CO1. The van der Waals surface area contributed by atoms with Gasteiger partial charge in [0.15, 0.2) is 0 Å². The Balaban J connectivity index is 2.14. The summed E-state index contributed by atoms with van der Waals surface area (Å²) in [6, 6.07) is 0. The fraction of sp³-hybridized carbons (Fsp3) is 0.778. The summed E-state index contributed by atoms with van der Waals surface area (Å²) in [6.45, 7) is 4.17. The van der Waals surface area contributed by atoms with E-state index in [1.807, 2.05) is 6.92 Å². The van der Waals surface area contributed by atoms with Crippen LogP contribution in [0.1, 0.15) is 39.5 Å². The molecule has 0 fully saturated rings. The topological polar surface area (TPSA) is 18.5 Å². The second kappa shape index (κ2) is 3.65. The molecule has 0 atom stereocenters. The Morgan fingerprint density at radius 3 is 2.36 bits per heavy atom. The summed E-state index contributed by atoms with van der Waals surface area (Å²) in [4.78, 5) is 0. The van der Waals surface area contributed by atoms with E-state index >= 15 is 0 Å². The number of hydrogen-bond acceptors (Lipinski definition) is 2. The van der Waals surface area contributed by atoms with Crippen molar-refractivity contribution in [2.45, 2.75) is 45.3 Å². The van der Waals surface area contributed by atoms with Gasteiger partial charge in [-0.2, -0.15) is 0 Å². The van der Waals surface area contributed by atoms with Gasteiger partial charge in [0.2, 0.25) is 5.79 Å². The van der Waals surface area contributed by atoms with Crippen LogP contribution in [0.2, 0.25) is 0 Å². The molecule has 1 rings (SSSR count). The molecule has 0 saturated carbocycles. The molecule has 1 heterocycles. The zero-order valence-corrected chi connectivity index (χ0v) is 7.30. The molecule has 11 heavy (non-hydrogen) atoms. The third kappa shape index (κ3) is 2.45. The molecule has 0 aromatic rings. The summed E-state index contributed by atoms with van der Waals surface area (Å²) in [5.41, 5.74) is 0. The molecule has 1 aliphatic heterocycles. The number of unbranched alkanes of at least 4 members (excludes halogenated alkanes) is 2. The zero-order valence-electron chi connectivity index (χ0n) is 7.30. The highest BCUT2D eigenvalue weighted by Crippen LogP contribution is 2.25. The zero-order chi connectivity index (χ0) is 8.16. The molecule has 0 aromatic heterocycles. The molecule has 0 radical (unpaired) electrons. The van der Waals surface area contributed by atoms with Gasteiger partial charge in [-0.1, -0.05) is 19.8 Å². The maximum absolute atomic E-state index is 5.28. The van der Waals surface area contributed by atoms with Crippen molar-refractivity contribution in [2.24, 2.45) is 0 Å². The number of rotatable bonds is 4. The van der Waals surface area contributed by atoms with Crippen molar-refractivity contribution >= 4 is 0 Å². The minimum Gasteiger partial charge on any atom is -0.457 e. The maximum atomic E-state index is 5.28. The second-order valence-electron chi connectivity index (χ2n) is 3.10. The highest BCUT2D eigenvalue weighted by molar-refractivity contribution is 4.79. The van der Waals surface area contributed by atoms with Crippen LogP contribution in [0.25, 0.3) is 0 Å². The molecule has 2 heteroatoms. The molecular formula is C9H16O2. The Hall–Kier alpha value is -0.660. The predicted molar refractivity (Wildman–Crippen MR) is 43.9 cm³/mol. The standard InChI is InChI=1S/C9H16O2/c1-3-4-5-6-9(2)10-7-8-11-9/h7-8H,3-6H2,1-2H3. The molecular weight excluding hydrogens is 140 g/mol. The Morgan fingerprint density at radius 1 is 1.18 bits per heavy atom. The number of ether oxygens (including phenoxy) is 2. The predicted octanol–water partition coefficient (Wildman–Crippen LogP) is 2.80. The Morgan fingerprint density at radius 2 is 1.82 bits per heavy atom. The van der Waals surface area contributed by atoms with Gasteiger partial charge in [0, 0.05) is 13.3 Å². The maximum Gasteiger partial charge on any atom is 0.247 e. The summed E-state index contributed by atoms with van der Waals surface area (Å²) in [5, 5.41) is 0. The smallest absolute Gasteiger partial charge is 0.247 e. The first-order valence-corrected chi connectivity index (χ1v) is 4.27. The lowest BCUT2D eigenvalue weighted by Gasteiger charge is -2.22. The van der Waals surface area contributed by atoms with Crippen molar-refractivity contribution in [1.82, 2.24) is 0 Å². The quantitative estimate of drug-likeness (QED) is 0.583. The molecule has 0 amide bonds. The lowest BCUT2D eigenvalue weighted by Crippen LogP contribution is -2.24. The van der Waals surface area contributed by atoms with Gasteiger partial charge in [0.1, 0.15) is 12.5 Å². The average Bonchev–Trinajstić information content (AvgIpc) is 2.38. The minimum absolute atomic E-state index is 0.366. The Bertz CT molecular complexity index is 132. The summed E-state index contributed by atoms with van der Waals surface area (Å²) >= 11 is 0. The first-order valence-electron chi connectivity index (χ1n) is 4.27.